The van der Waals surface area contributed by atoms with Crippen molar-refractivity contribution in [2.75, 3.05) is 33.7 Å². The maximum Gasteiger partial charge on any atom is 0.233 e. The fraction of sp³-hybridized carbons (Fsp3) is 0.394. The van der Waals surface area contributed by atoms with E-state index in [1.54, 1.807) is 13.0 Å². The van der Waals surface area contributed by atoms with Crippen molar-refractivity contribution in [3.8, 4) is 0 Å². The van der Waals surface area contributed by atoms with Gasteiger partial charge in [-0.2, -0.15) is 0 Å². The molecule has 0 N–H and O–H groups in total. The van der Waals surface area contributed by atoms with E-state index in [4.69, 9.17) is 23.2 Å². The fourth-order valence-corrected chi connectivity index (χ4v) is 6.92. The van der Waals surface area contributed by atoms with Gasteiger partial charge in [0.05, 0.1) is 21.0 Å². The van der Waals surface area contributed by atoms with Gasteiger partial charge in [-0.1, -0.05) is 89.9 Å². The molecule has 2 aliphatic rings. The van der Waals surface area contributed by atoms with E-state index >= 15 is 0 Å². The van der Waals surface area contributed by atoms with Crippen LogP contribution in [-0.2, 0) is 27.1 Å². The number of nitrogens with zero attached hydrogens (tertiary/aromatic N) is 3. The number of benzene rings is 3. The molecule has 0 unspecified atom stereocenters. The lowest BCUT2D eigenvalue weighted by Crippen LogP contribution is -2.53. The number of piperidine rings is 1. The summed E-state index contributed by atoms with van der Waals surface area (Å²) >= 11 is 12.7. The fourth-order valence-electron chi connectivity index (χ4n) is 6.62. The third kappa shape index (κ3) is 5.39. The van der Waals surface area contributed by atoms with Crippen molar-refractivity contribution >= 4 is 35.0 Å². The largest absolute Gasteiger partial charge is 0.341 e. The number of likely N-dealkylation sites (N-methyl/N-ethyl adjacent to an activating group) is 1. The van der Waals surface area contributed by atoms with E-state index in [1.807, 2.05) is 84.6 Å². The Morgan fingerprint density at radius 2 is 1.50 bits per heavy atom. The van der Waals surface area contributed by atoms with Crippen molar-refractivity contribution in [2.24, 2.45) is 5.92 Å². The Balaban J connectivity index is 1.35. The molecule has 0 aromatic heterocycles. The van der Waals surface area contributed by atoms with Crippen LogP contribution in [0.3, 0.4) is 0 Å². The van der Waals surface area contributed by atoms with E-state index < -0.39 is 5.41 Å². The normalized spacial score (nSPS) is 22.0. The third-order valence-electron chi connectivity index (χ3n) is 9.12. The Bertz CT molecular complexity index is 1360. The second kappa shape index (κ2) is 11.6. The minimum atomic E-state index is -0.623. The van der Waals surface area contributed by atoms with E-state index in [-0.39, 0.29) is 23.3 Å². The van der Waals surface area contributed by atoms with Gasteiger partial charge in [0.1, 0.15) is 0 Å². The van der Waals surface area contributed by atoms with Crippen LogP contribution in [0.15, 0.2) is 78.9 Å². The minimum absolute atomic E-state index is 0.0742. The lowest BCUT2D eigenvalue weighted by molar-refractivity contribution is -0.136. The van der Waals surface area contributed by atoms with Crippen molar-refractivity contribution in [3.05, 3.63) is 106 Å². The van der Waals surface area contributed by atoms with E-state index in [0.717, 1.165) is 50.0 Å². The number of amides is 2. The highest BCUT2D eigenvalue weighted by Gasteiger charge is 2.62. The first-order valence-corrected chi connectivity index (χ1v) is 14.7. The number of likely N-dealkylation sites (tertiary alicyclic amines) is 1. The van der Waals surface area contributed by atoms with Crippen LogP contribution in [0.1, 0.15) is 42.9 Å². The van der Waals surface area contributed by atoms with Crippen LogP contribution in [0.5, 0.6) is 0 Å². The van der Waals surface area contributed by atoms with Gasteiger partial charge in [-0.25, -0.2) is 0 Å². The number of rotatable bonds is 8. The number of carbonyl (C=O) groups is 2. The Morgan fingerprint density at radius 1 is 0.875 bits per heavy atom. The summed E-state index contributed by atoms with van der Waals surface area (Å²) in [6.07, 6.45) is 2.47. The van der Waals surface area contributed by atoms with Crippen molar-refractivity contribution < 1.29 is 9.59 Å². The van der Waals surface area contributed by atoms with Gasteiger partial charge in [-0.15, -0.1) is 0 Å². The van der Waals surface area contributed by atoms with E-state index in [0.29, 0.717) is 16.6 Å². The quantitative estimate of drug-likeness (QED) is 0.312. The first-order valence-electron chi connectivity index (χ1n) is 13.9. The number of halogens is 2. The number of hydrogen-bond donors (Lipinski definition) is 0. The van der Waals surface area contributed by atoms with Gasteiger partial charge in [-0.05, 0) is 54.0 Å². The van der Waals surface area contributed by atoms with Gasteiger partial charge in [0.25, 0.3) is 0 Å². The molecule has 2 fully saturated rings. The summed E-state index contributed by atoms with van der Waals surface area (Å²) in [7, 11) is 3.80. The maximum atomic E-state index is 14.1. The molecule has 0 bridgehead atoms. The third-order valence-corrected chi connectivity index (χ3v) is 9.86. The zero-order valence-electron chi connectivity index (χ0n) is 23.4. The molecule has 5 nitrogen and oxygen atoms in total. The first-order chi connectivity index (χ1) is 19.2. The van der Waals surface area contributed by atoms with Gasteiger partial charge >= 0.3 is 0 Å². The lowest BCUT2D eigenvalue weighted by Gasteiger charge is -2.48. The average Bonchev–Trinajstić information content (AvgIpc) is 3.69. The maximum absolute atomic E-state index is 14.1. The Kier molecular flexibility index (Phi) is 8.28. The topological polar surface area (TPSA) is 43.9 Å². The van der Waals surface area contributed by atoms with Crippen LogP contribution in [0.25, 0.3) is 0 Å². The van der Waals surface area contributed by atoms with Crippen molar-refractivity contribution in [2.45, 2.75) is 43.7 Å². The predicted octanol–water partition coefficient (Wildman–Crippen LogP) is 6.38. The smallest absolute Gasteiger partial charge is 0.233 e. The molecule has 1 aliphatic carbocycles. The molecule has 0 radical (unpaired) electrons. The molecule has 1 aliphatic heterocycles. The van der Waals surface area contributed by atoms with E-state index in [9.17, 15) is 9.59 Å². The molecule has 210 valence electrons. The molecule has 1 saturated carbocycles. The molecule has 2 amide bonds. The zero-order chi connectivity index (χ0) is 28.5. The van der Waals surface area contributed by atoms with Crippen LogP contribution in [-0.4, -0.2) is 60.2 Å². The molecule has 7 heteroatoms. The number of hydrogen-bond acceptors (Lipinski definition) is 3. The summed E-state index contributed by atoms with van der Waals surface area (Å²) < 4.78 is 0. The Labute approximate surface area is 247 Å². The molecule has 1 saturated heterocycles. The second-order valence-electron chi connectivity index (χ2n) is 11.4. The monoisotopic (exact) mass is 577 g/mol. The SMILES string of the molecule is CC(=O)N(C)C1(c2ccccc2)CCN(C[C@@H]2C[C@@]2(C(=O)N(C)Cc2ccccc2)c2ccc(Cl)c(Cl)c2)CC1. The Hall–Kier alpha value is -2.86. The summed E-state index contributed by atoms with van der Waals surface area (Å²) in [6.45, 7) is 4.73. The van der Waals surface area contributed by atoms with Crippen LogP contribution in [0, 0.1) is 5.92 Å². The lowest BCUT2D eigenvalue weighted by atomic mass is 9.79. The average molecular weight is 579 g/mol. The highest BCUT2D eigenvalue weighted by atomic mass is 35.5. The van der Waals surface area contributed by atoms with Crippen molar-refractivity contribution in [1.29, 1.82) is 0 Å². The van der Waals surface area contributed by atoms with Crippen LogP contribution in [0.4, 0.5) is 0 Å². The van der Waals surface area contributed by atoms with Gasteiger partial charge < -0.3 is 14.7 Å². The molecule has 3 aromatic carbocycles. The molecule has 2 atom stereocenters. The van der Waals surface area contributed by atoms with E-state index in [2.05, 4.69) is 17.0 Å². The number of carbonyl (C=O) groups excluding carboxylic acids is 2. The van der Waals surface area contributed by atoms with Crippen LogP contribution in [0.2, 0.25) is 10.0 Å². The molecule has 0 spiro atoms. The molecule has 1 heterocycles. The Morgan fingerprint density at radius 3 is 2.10 bits per heavy atom. The standard InChI is InChI=1S/C33H37Cl2N3O2/c1-24(39)37(3)32(26-12-8-5-9-13-26)16-18-38(19-17-32)23-28-21-33(28,27-14-15-29(34)30(35)20-27)31(40)36(2)22-25-10-6-4-7-11-25/h4-15,20,28H,16-19,21-23H2,1-3H3/t28-,33+/m0/s1. The summed E-state index contributed by atoms with van der Waals surface area (Å²) in [5.74, 6) is 0.363. The minimum Gasteiger partial charge on any atom is -0.341 e. The molecule has 5 rings (SSSR count). The van der Waals surface area contributed by atoms with Gasteiger partial charge in [0.2, 0.25) is 11.8 Å². The summed E-state index contributed by atoms with van der Waals surface area (Å²) in [6, 6.07) is 26.1. The van der Waals surface area contributed by atoms with E-state index in [1.165, 1.54) is 5.56 Å². The first kappa shape index (κ1) is 28.7. The molecule has 3 aromatic rings. The molecule has 40 heavy (non-hydrogen) atoms. The highest BCUT2D eigenvalue weighted by molar-refractivity contribution is 6.42. The molecular formula is C33H37Cl2N3O2. The van der Waals surface area contributed by atoms with Crippen molar-refractivity contribution in [1.82, 2.24) is 14.7 Å². The predicted molar refractivity (Wildman–Crippen MR) is 161 cm³/mol. The summed E-state index contributed by atoms with van der Waals surface area (Å²) in [5.41, 5.74) is 2.27. The second-order valence-corrected chi connectivity index (χ2v) is 12.2. The van der Waals surface area contributed by atoms with Gasteiger partial charge in [0, 0.05) is 47.2 Å². The zero-order valence-corrected chi connectivity index (χ0v) is 25.0. The summed E-state index contributed by atoms with van der Waals surface area (Å²) in [4.78, 5) is 32.8. The van der Waals surface area contributed by atoms with Gasteiger partial charge in [-0.3, -0.25) is 9.59 Å². The van der Waals surface area contributed by atoms with Crippen LogP contribution >= 0.6 is 23.2 Å². The summed E-state index contributed by atoms with van der Waals surface area (Å²) in [5, 5.41) is 0.964. The van der Waals surface area contributed by atoms with Gasteiger partial charge in [0.15, 0.2) is 0 Å². The van der Waals surface area contributed by atoms with Crippen molar-refractivity contribution in [3.63, 3.8) is 0 Å². The molecular weight excluding hydrogens is 541 g/mol. The highest BCUT2D eigenvalue weighted by Crippen LogP contribution is 2.57. The van der Waals surface area contributed by atoms with Crippen LogP contribution < -0.4 is 0 Å².